The largest absolute Gasteiger partial charge is 0.497 e. The molecule has 0 bridgehead atoms. The lowest BCUT2D eigenvalue weighted by atomic mass is 10.0. The summed E-state index contributed by atoms with van der Waals surface area (Å²) in [5.74, 6) is 1.63. The molecule has 0 saturated heterocycles. The van der Waals surface area contributed by atoms with E-state index < -0.39 is 0 Å². The first-order chi connectivity index (χ1) is 11.0. The van der Waals surface area contributed by atoms with Crippen molar-refractivity contribution in [3.63, 3.8) is 0 Å². The first kappa shape index (κ1) is 17.1. The normalized spacial score (nSPS) is 11.5. The maximum absolute atomic E-state index is 5.43. The Kier molecular flexibility index (Phi) is 5.82. The topological polar surface area (TPSA) is 42.5 Å². The molecule has 0 radical (unpaired) electrons. The van der Waals surface area contributed by atoms with Gasteiger partial charge < -0.3 is 20.1 Å². The summed E-state index contributed by atoms with van der Waals surface area (Å²) in [5.41, 5.74) is 3.13. The standard InChI is InChI=1S/C18H22N2O2S/c1-12-8-9-17(22-4)16(10-12)13(2)19-18(23)20-14-6-5-7-15(11-14)21-3/h5-11,13H,1-4H3,(H2,19,20,23)/t13-/m1/s1. The number of hydrogen-bond donors (Lipinski definition) is 2. The molecule has 2 rings (SSSR count). The van der Waals surface area contributed by atoms with Crippen molar-refractivity contribution in [3.8, 4) is 11.5 Å². The Morgan fingerprint density at radius 2 is 1.87 bits per heavy atom. The van der Waals surface area contributed by atoms with E-state index >= 15 is 0 Å². The van der Waals surface area contributed by atoms with E-state index in [1.807, 2.05) is 36.4 Å². The Bertz CT molecular complexity index is 688. The molecule has 0 aromatic heterocycles. The molecule has 0 spiro atoms. The molecule has 4 nitrogen and oxygen atoms in total. The second-order valence-electron chi connectivity index (χ2n) is 5.30. The molecule has 2 N–H and O–H groups in total. The van der Waals surface area contributed by atoms with Gasteiger partial charge in [-0.3, -0.25) is 0 Å². The van der Waals surface area contributed by atoms with Gasteiger partial charge in [0.1, 0.15) is 11.5 Å². The minimum atomic E-state index is 0.0236. The number of ether oxygens (including phenoxy) is 2. The second-order valence-corrected chi connectivity index (χ2v) is 5.71. The fourth-order valence-electron chi connectivity index (χ4n) is 2.33. The molecular weight excluding hydrogens is 308 g/mol. The van der Waals surface area contributed by atoms with Crippen LogP contribution in [-0.4, -0.2) is 19.3 Å². The van der Waals surface area contributed by atoms with E-state index in [4.69, 9.17) is 21.7 Å². The van der Waals surface area contributed by atoms with Crippen LogP contribution in [0.2, 0.25) is 0 Å². The zero-order chi connectivity index (χ0) is 16.8. The zero-order valence-corrected chi connectivity index (χ0v) is 14.7. The summed E-state index contributed by atoms with van der Waals surface area (Å²) in [4.78, 5) is 0. The Balaban J connectivity index is 2.06. The van der Waals surface area contributed by atoms with Crippen molar-refractivity contribution in [3.05, 3.63) is 53.6 Å². The minimum absolute atomic E-state index is 0.0236. The van der Waals surface area contributed by atoms with E-state index in [-0.39, 0.29) is 6.04 Å². The molecule has 2 aromatic rings. The third-order valence-electron chi connectivity index (χ3n) is 3.53. The SMILES string of the molecule is COc1cccc(NC(=S)N[C@H](C)c2cc(C)ccc2OC)c1. The van der Waals surface area contributed by atoms with Crippen LogP contribution in [0.3, 0.4) is 0 Å². The number of benzene rings is 2. The monoisotopic (exact) mass is 330 g/mol. The van der Waals surface area contributed by atoms with Gasteiger partial charge in [0.05, 0.1) is 20.3 Å². The van der Waals surface area contributed by atoms with Gasteiger partial charge in [-0.2, -0.15) is 0 Å². The highest BCUT2D eigenvalue weighted by atomic mass is 32.1. The van der Waals surface area contributed by atoms with Crippen LogP contribution in [0.25, 0.3) is 0 Å². The van der Waals surface area contributed by atoms with Gasteiger partial charge in [0.25, 0.3) is 0 Å². The Morgan fingerprint density at radius 3 is 2.57 bits per heavy atom. The van der Waals surface area contributed by atoms with Gasteiger partial charge in [-0.1, -0.05) is 23.8 Å². The highest BCUT2D eigenvalue weighted by molar-refractivity contribution is 7.80. The molecular formula is C18H22N2O2S. The molecule has 2 aromatic carbocycles. The summed E-state index contributed by atoms with van der Waals surface area (Å²) in [6, 6.07) is 13.8. The molecule has 0 fully saturated rings. The maximum atomic E-state index is 5.43. The molecule has 23 heavy (non-hydrogen) atoms. The van der Waals surface area contributed by atoms with Crippen molar-refractivity contribution in [1.29, 1.82) is 0 Å². The van der Waals surface area contributed by atoms with Gasteiger partial charge in [-0.05, 0) is 44.3 Å². The summed E-state index contributed by atoms with van der Waals surface area (Å²) in [5, 5.41) is 7.00. The maximum Gasteiger partial charge on any atom is 0.171 e. The zero-order valence-electron chi connectivity index (χ0n) is 13.8. The number of methoxy groups -OCH3 is 2. The lowest BCUT2D eigenvalue weighted by molar-refractivity contribution is 0.405. The Morgan fingerprint density at radius 1 is 1.09 bits per heavy atom. The average molecular weight is 330 g/mol. The van der Waals surface area contributed by atoms with Crippen LogP contribution in [0.4, 0.5) is 5.69 Å². The van der Waals surface area contributed by atoms with E-state index in [1.54, 1.807) is 14.2 Å². The highest BCUT2D eigenvalue weighted by Gasteiger charge is 2.13. The Hall–Kier alpha value is -2.27. The number of nitrogens with one attached hydrogen (secondary N) is 2. The molecule has 0 unspecified atom stereocenters. The fourth-order valence-corrected chi connectivity index (χ4v) is 2.63. The molecule has 0 aliphatic rings. The van der Waals surface area contributed by atoms with Crippen molar-refractivity contribution in [2.75, 3.05) is 19.5 Å². The fraction of sp³-hybridized carbons (Fsp3) is 0.278. The number of thiocarbonyl (C=S) groups is 1. The predicted molar refractivity (Wildman–Crippen MR) is 98.5 cm³/mol. The molecule has 0 heterocycles. The van der Waals surface area contributed by atoms with Crippen molar-refractivity contribution >= 4 is 23.0 Å². The molecule has 1 atom stereocenters. The van der Waals surface area contributed by atoms with Crippen LogP contribution in [0.5, 0.6) is 11.5 Å². The Labute approximate surface area is 142 Å². The number of aryl methyl sites for hydroxylation is 1. The van der Waals surface area contributed by atoms with Crippen molar-refractivity contribution < 1.29 is 9.47 Å². The quantitative estimate of drug-likeness (QED) is 0.809. The number of anilines is 1. The second kappa shape index (κ2) is 7.83. The van der Waals surface area contributed by atoms with Crippen LogP contribution >= 0.6 is 12.2 Å². The number of hydrogen-bond acceptors (Lipinski definition) is 3. The summed E-state index contributed by atoms with van der Waals surface area (Å²) < 4.78 is 10.6. The lowest BCUT2D eigenvalue weighted by Gasteiger charge is -2.20. The minimum Gasteiger partial charge on any atom is -0.497 e. The van der Waals surface area contributed by atoms with E-state index in [2.05, 4.69) is 30.5 Å². The summed E-state index contributed by atoms with van der Waals surface area (Å²) in [6.07, 6.45) is 0. The highest BCUT2D eigenvalue weighted by Crippen LogP contribution is 2.26. The molecule has 0 aliphatic heterocycles. The van der Waals surface area contributed by atoms with E-state index in [0.717, 1.165) is 22.7 Å². The smallest absolute Gasteiger partial charge is 0.171 e. The third kappa shape index (κ3) is 4.60. The van der Waals surface area contributed by atoms with Gasteiger partial charge in [-0.15, -0.1) is 0 Å². The molecule has 122 valence electrons. The molecule has 0 saturated carbocycles. The molecule has 0 amide bonds. The van der Waals surface area contributed by atoms with Crippen LogP contribution in [-0.2, 0) is 0 Å². The first-order valence-electron chi connectivity index (χ1n) is 7.39. The van der Waals surface area contributed by atoms with Gasteiger partial charge in [-0.25, -0.2) is 0 Å². The van der Waals surface area contributed by atoms with Gasteiger partial charge in [0, 0.05) is 17.3 Å². The van der Waals surface area contributed by atoms with Gasteiger partial charge in [0.2, 0.25) is 0 Å². The lowest BCUT2D eigenvalue weighted by Crippen LogP contribution is -2.31. The van der Waals surface area contributed by atoms with Crippen molar-refractivity contribution in [1.82, 2.24) is 5.32 Å². The van der Waals surface area contributed by atoms with Crippen LogP contribution in [0.1, 0.15) is 24.1 Å². The van der Waals surface area contributed by atoms with Crippen molar-refractivity contribution in [2.24, 2.45) is 0 Å². The summed E-state index contributed by atoms with van der Waals surface area (Å²) >= 11 is 5.40. The summed E-state index contributed by atoms with van der Waals surface area (Å²) in [6.45, 7) is 4.11. The van der Waals surface area contributed by atoms with E-state index in [1.165, 1.54) is 5.56 Å². The first-order valence-corrected chi connectivity index (χ1v) is 7.80. The van der Waals surface area contributed by atoms with Crippen molar-refractivity contribution in [2.45, 2.75) is 19.9 Å². The van der Waals surface area contributed by atoms with E-state index in [9.17, 15) is 0 Å². The van der Waals surface area contributed by atoms with Crippen LogP contribution in [0, 0.1) is 6.92 Å². The average Bonchev–Trinajstić information content (AvgIpc) is 2.54. The summed E-state index contributed by atoms with van der Waals surface area (Å²) in [7, 11) is 3.31. The predicted octanol–water partition coefficient (Wildman–Crippen LogP) is 4.06. The molecule has 5 heteroatoms. The van der Waals surface area contributed by atoms with Crippen LogP contribution < -0.4 is 20.1 Å². The third-order valence-corrected chi connectivity index (χ3v) is 3.75. The number of rotatable bonds is 5. The van der Waals surface area contributed by atoms with E-state index in [0.29, 0.717) is 5.11 Å². The van der Waals surface area contributed by atoms with Crippen LogP contribution in [0.15, 0.2) is 42.5 Å². The molecule has 0 aliphatic carbocycles. The van der Waals surface area contributed by atoms with Gasteiger partial charge in [0.15, 0.2) is 5.11 Å². The van der Waals surface area contributed by atoms with Gasteiger partial charge >= 0.3 is 0 Å².